The van der Waals surface area contributed by atoms with Gasteiger partial charge in [0, 0.05) is 30.7 Å². The maximum atomic E-state index is 14.0. The van der Waals surface area contributed by atoms with Crippen molar-refractivity contribution in [3.8, 4) is 6.07 Å². The lowest BCUT2D eigenvalue weighted by Gasteiger charge is -2.36. The molecule has 1 aromatic carbocycles. The Bertz CT molecular complexity index is 507. The molecule has 21 heavy (non-hydrogen) atoms. The van der Waals surface area contributed by atoms with E-state index in [0.29, 0.717) is 29.8 Å². The Labute approximate surface area is 126 Å². The summed E-state index contributed by atoms with van der Waals surface area (Å²) < 4.78 is 14.0. The molecule has 3 nitrogen and oxygen atoms in total. The van der Waals surface area contributed by atoms with Crippen LogP contribution in [0.3, 0.4) is 0 Å². The summed E-state index contributed by atoms with van der Waals surface area (Å²) in [6.45, 7) is 6.82. The van der Waals surface area contributed by atoms with Crippen molar-refractivity contribution in [3.63, 3.8) is 0 Å². The first-order valence-electron chi connectivity index (χ1n) is 7.76. The summed E-state index contributed by atoms with van der Waals surface area (Å²) in [7, 11) is 0. The van der Waals surface area contributed by atoms with Crippen molar-refractivity contribution in [1.82, 2.24) is 10.2 Å². The number of piperidine rings is 1. The molecule has 4 heteroatoms. The van der Waals surface area contributed by atoms with E-state index in [2.05, 4.69) is 30.1 Å². The molecule has 1 N–H and O–H groups in total. The second-order valence-electron chi connectivity index (χ2n) is 6.10. The van der Waals surface area contributed by atoms with E-state index < -0.39 is 0 Å². The molecule has 0 spiro atoms. The van der Waals surface area contributed by atoms with Gasteiger partial charge in [0.1, 0.15) is 5.82 Å². The predicted molar refractivity (Wildman–Crippen MR) is 82.3 cm³/mol. The highest BCUT2D eigenvalue weighted by Crippen LogP contribution is 2.21. The van der Waals surface area contributed by atoms with E-state index in [0.717, 1.165) is 25.9 Å². The molecule has 1 aliphatic rings. The molecule has 1 heterocycles. The van der Waals surface area contributed by atoms with Gasteiger partial charge < -0.3 is 5.32 Å². The molecule has 0 aromatic heterocycles. The van der Waals surface area contributed by atoms with Crippen LogP contribution in [0.2, 0.25) is 0 Å². The number of halogens is 1. The summed E-state index contributed by atoms with van der Waals surface area (Å²) >= 11 is 0. The molecule has 0 bridgehead atoms. The fourth-order valence-corrected chi connectivity index (χ4v) is 2.86. The van der Waals surface area contributed by atoms with Crippen LogP contribution in [0.5, 0.6) is 0 Å². The maximum Gasteiger partial charge on any atom is 0.127 e. The first-order valence-corrected chi connectivity index (χ1v) is 7.76. The van der Waals surface area contributed by atoms with Gasteiger partial charge in [-0.15, -0.1) is 0 Å². The van der Waals surface area contributed by atoms with Gasteiger partial charge in [-0.2, -0.15) is 5.26 Å². The average Bonchev–Trinajstić information content (AvgIpc) is 2.48. The number of nitriles is 1. The molecule has 1 fully saturated rings. The van der Waals surface area contributed by atoms with E-state index in [9.17, 15) is 4.39 Å². The lowest BCUT2D eigenvalue weighted by molar-refractivity contribution is 0.134. The number of likely N-dealkylation sites (tertiary alicyclic amines) is 1. The van der Waals surface area contributed by atoms with Gasteiger partial charge in [-0.05, 0) is 37.6 Å². The summed E-state index contributed by atoms with van der Waals surface area (Å²) in [5.74, 6) is -0.213. The molecule has 1 aromatic rings. The molecule has 114 valence electrons. The third-order valence-corrected chi connectivity index (χ3v) is 4.06. The third kappa shape index (κ3) is 4.52. The zero-order valence-electron chi connectivity index (χ0n) is 12.9. The van der Waals surface area contributed by atoms with E-state index in [4.69, 9.17) is 5.26 Å². The first kappa shape index (κ1) is 15.9. The van der Waals surface area contributed by atoms with Crippen LogP contribution >= 0.6 is 0 Å². The van der Waals surface area contributed by atoms with E-state index in [-0.39, 0.29) is 5.82 Å². The standard InChI is InChI=1S/C17H24FN3/c1-13(2)20-11-16-5-3-4-8-21(16)12-15-9-14(10-19)6-7-17(15)18/h6-7,9,13,16,20H,3-5,8,11-12H2,1-2H3. The summed E-state index contributed by atoms with van der Waals surface area (Å²) in [6, 6.07) is 7.62. The van der Waals surface area contributed by atoms with Gasteiger partial charge >= 0.3 is 0 Å². The van der Waals surface area contributed by atoms with Crippen LogP contribution in [0.1, 0.15) is 44.2 Å². The first-order chi connectivity index (χ1) is 10.1. The lowest BCUT2D eigenvalue weighted by Crippen LogP contribution is -2.46. The van der Waals surface area contributed by atoms with E-state index in [1.165, 1.54) is 18.6 Å². The van der Waals surface area contributed by atoms with Gasteiger partial charge in [0.25, 0.3) is 0 Å². The molecule has 1 saturated heterocycles. The largest absolute Gasteiger partial charge is 0.313 e. The second kappa shape index (κ2) is 7.53. The zero-order valence-corrected chi connectivity index (χ0v) is 12.9. The fourth-order valence-electron chi connectivity index (χ4n) is 2.86. The van der Waals surface area contributed by atoms with Crippen LogP contribution in [-0.4, -0.2) is 30.1 Å². The monoisotopic (exact) mass is 289 g/mol. The SMILES string of the molecule is CC(C)NCC1CCCCN1Cc1cc(C#N)ccc1F. The Kier molecular flexibility index (Phi) is 5.72. The molecule has 0 aliphatic carbocycles. The number of hydrogen-bond donors (Lipinski definition) is 1. The molecule has 1 atom stereocenters. The van der Waals surface area contributed by atoms with Crippen LogP contribution in [0.15, 0.2) is 18.2 Å². The second-order valence-corrected chi connectivity index (χ2v) is 6.10. The smallest absolute Gasteiger partial charge is 0.127 e. The molecule has 0 saturated carbocycles. The van der Waals surface area contributed by atoms with Crippen LogP contribution in [-0.2, 0) is 6.54 Å². The van der Waals surface area contributed by atoms with Gasteiger partial charge in [-0.25, -0.2) is 4.39 Å². The summed E-state index contributed by atoms with van der Waals surface area (Å²) in [6.07, 6.45) is 3.55. The zero-order chi connectivity index (χ0) is 15.2. The van der Waals surface area contributed by atoms with Crippen molar-refractivity contribution < 1.29 is 4.39 Å². The highest BCUT2D eigenvalue weighted by atomic mass is 19.1. The minimum Gasteiger partial charge on any atom is -0.313 e. The molecular formula is C17H24FN3. The van der Waals surface area contributed by atoms with Gasteiger partial charge in [0.2, 0.25) is 0 Å². The number of nitrogens with zero attached hydrogens (tertiary/aromatic N) is 2. The lowest BCUT2D eigenvalue weighted by atomic mass is 10.00. The van der Waals surface area contributed by atoms with E-state index in [1.807, 2.05) is 0 Å². The number of benzene rings is 1. The Hall–Kier alpha value is -1.44. The molecule has 2 rings (SSSR count). The van der Waals surface area contributed by atoms with Crippen molar-refractivity contribution in [3.05, 3.63) is 35.1 Å². The highest BCUT2D eigenvalue weighted by Gasteiger charge is 2.23. The molecule has 1 aliphatic heterocycles. The molecular weight excluding hydrogens is 265 g/mol. The van der Waals surface area contributed by atoms with Crippen LogP contribution in [0.4, 0.5) is 4.39 Å². The number of rotatable bonds is 5. The van der Waals surface area contributed by atoms with Gasteiger partial charge in [0.15, 0.2) is 0 Å². The Balaban J connectivity index is 2.06. The van der Waals surface area contributed by atoms with Gasteiger partial charge in [-0.3, -0.25) is 4.90 Å². The normalized spacial score (nSPS) is 19.7. The third-order valence-electron chi connectivity index (χ3n) is 4.06. The summed E-state index contributed by atoms with van der Waals surface area (Å²) in [4.78, 5) is 2.35. The Morgan fingerprint density at radius 3 is 2.95 bits per heavy atom. The van der Waals surface area contributed by atoms with Gasteiger partial charge in [-0.1, -0.05) is 20.3 Å². The average molecular weight is 289 g/mol. The van der Waals surface area contributed by atoms with Crippen molar-refractivity contribution in [2.24, 2.45) is 0 Å². The fraction of sp³-hybridized carbons (Fsp3) is 0.588. The van der Waals surface area contributed by atoms with E-state index >= 15 is 0 Å². The predicted octanol–water partition coefficient (Wildman–Crippen LogP) is 3.05. The quantitative estimate of drug-likeness (QED) is 0.905. The summed E-state index contributed by atoms with van der Waals surface area (Å²) in [5.41, 5.74) is 1.16. The minimum atomic E-state index is -0.213. The molecule has 1 unspecified atom stereocenters. The van der Waals surface area contributed by atoms with Crippen LogP contribution in [0.25, 0.3) is 0 Å². The van der Waals surface area contributed by atoms with Gasteiger partial charge in [0.05, 0.1) is 11.6 Å². The van der Waals surface area contributed by atoms with Crippen LogP contribution < -0.4 is 5.32 Å². The minimum absolute atomic E-state index is 0.213. The summed E-state index contributed by atoms with van der Waals surface area (Å²) in [5, 5.41) is 12.4. The number of nitrogens with one attached hydrogen (secondary N) is 1. The van der Waals surface area contributed by atoms with Crippen molar-refractivity contribution in [1.29, 1.82) is 5.26 Å². The number of hydrogen-bond acceptors (Lipinski definition) is 3. The maximum absolute atomic E-state index is 14.0. The van der Waals surface area contributed by atoms with E-state index in [1.54, 1.807) is 6.07 Å². The van der Waals surface area contributed by atoms with Crippen molar-refractivity contribution >= 4 is 0 Å². The van der Waals surface area contributed by atoms with Crippen LogP contribution in [0, 0.1) is 17.1 Å². The molecule has 0 radical (unpaired) electrons. The van der Waals surface area contributed by atoms with Crippen molar-refractivity contribution in [2.75, 3.05) is 13.1 Å². The molecule has 0 amide bonds. The Morgan fingerprint density at radius 1 is 1.43 bits per heavy atom. The van der Waals surface area contributed by atoms with Crippen molar-refractivity contribution in [2.45, 2.75) is 51.7 Å². The topological polar surface area (TPSA) is 39.1 Å². The Morgan fingerprint density at radius 2 is 2.24 bits per heavy atom. The highest BCUT2D eigenvalue weighted by molar-refractivity contribution is 5.33.